The van der Waals surface area contributed by atoms with E-state index in [2.05, 4.69) is 115 Å². The van der Waals surface area contributed by atoms with Gasteiger partial charge in [-0.05, 0) is 59.4 Å². The van der Waals surface area contributed by atoms with Crippen LogP contribution in [0.3, 0.4) is 0 Å². The number of rotatable bonds is 3. The molecule has 1 fully saturated rings. The van der Waals surface area contributed by atoms with E-state index in [0.29, 0.717) is 11.2 Å². The Balaban J connectivity index is 0.000000726. The van der Waals surface area contributed by atoms with Crippen molar-refractivity contribution < 1.29 is 17.0 Å². The zero-order chi connectivity index (χ0) is 24.6. The van der Waals surface area contributed by atoms with Crippen molar-refractivity contribution in [1.29, 1.82) is 0 Å². The van der Waals surface area contributed by atoms with Crippen LogP contribution in [0.25, 0.3) is 10.9 Å². The Morgan fingerprint density at radius 1 is 0.861 bits per heavy atom. The average molecular weight is 588 g/mol. The zero-order valence-corrected chi connectivity index (χ0v) is 26.1. The predicted octanol–water partition coefficient (Wildman–Crippen LogP) is 10.8. The Labute approximate surface area is 238 Å². The van der Waals surface area contributed by atoms with Gasteiger partial charge in [0.05, 0.1) is 0 Å². The van der Waals surface area contributed by atoms with Gasteiger partial charge < -0.3 is 17.3 Å². The van der Waals surface area contributed by atoms with E-state index in [-0.39, 0.29) is 7.43 Å². The molecule has 2 heterocycles. The molecule has 3 atom stereocenters. The van der Waals surface area contributed by atoms with Gasteiger partial charge in [0.2, 0.25) is 0 Å². The molecule has 188 valence electrons. The van der Waals surface area contributed by atoms with E-state index >= 15 is 0 Å². The molecular weight excluding hydrogens is 555 g/mol. The fraction of sp³-hybridized carbons (Fsp3) is 0.276. The summed E-state index contributed by atoms with van der Waals surface area (Å²) in [5.74, 6) is 0.680. The molecule has 7 heteroatoms. The first-order valence-electron chi connectivity index (χ1n) is 12.1. The van der Waals surface area contributed by atoms with Crippen molar-refractivity contribution >= 4 is 66.9 Å². The van der Waals surface area contributed by atoms with Gasteiger partial charge in [-0.2, -0.15) is 0 Å². The minimum atomic E-state index is -1.89. The first kappa shape index (κ1) is 27.9. The topological polar surface area (TPSA) is 17.3 Å². The summed E-state index contributed by atoms with van der Waals surface area (Å²) in [7, 11) is 7.89. The van der Waals surface area contributed by atoms with Crippen molar-refractivity contribution in [1.82, 2.24) is 0 Å². The molecule has 3 aromatic carbocycles. The first-order chi connectivity index (χ1) is 17.0. The van der Waals surface area contributed by atoms with E-state index < -0.39 is 25.3 Å². The van der Waals surface area contributed by atoms with Crippen molar-refractivity contribution in [2.75, 3.05) is 4.57 Å². The van der Waals surface area contributed by atoms with Gasteiger partial charge >= 0.3 is 35.6 Å². The second kappa shape index (κ2) is 11.7. The molecule has 3 aromatic rings. The van der Waals surface area contributed by atoms with Crippen LogP contribution in [0.5, 0.6) is 0 Å². The van der Waals surface area contributed by atoms with E-state index in [0.717, 1.165) is 16.9 Å². The number of benzene rings is 3. The third-order valence-electron chi connectivity index (χ3n) is 7.70. The number of allylic oxidation sites excluding steroid dienone is 2. The van der Waals surface area contributed by atoms with Crippen LogP contribution in [-0.2, 0) is 17.0 Å². The van der Waals surface area contributed by atoms with Gasteiger partial charge in [-0.15, -0.1) is 23.1 Å². The van der Waals surface area contributed by atoms with Crippen LogP contribution in [0.15, 0.2) is 83.8 Å². The summed E-state index contributed by atoms with van der Waals surface area (Å²) in [6, 6.07) is 28.5. The summed E-state index contributed by atoms with van der Waals surface area (Å²) >= 11 is 1.61. The van der Waals surface area contributed by atoms with E-state index in [1.54, 1.807) is 5.57 Å². The quantitative estimate of drug-likeness (QED) is 0.224. The van der Waals surface area contributed by atoms with Gasteiger partial charge in [0.15, 0.2) is 8.24 Å². The van der Waals surface area contributed by atoms with Gasteiger partial charge in [0, 0.05) is 16.6 Å². The molecule has 36 heavy (non-hydrogen) atoms. The maximum absolute atomic E-state index is 5.00. The summed E-state index contributed by atoms with van der Waals surface area (Å²) in [5.41, 5.74) is 8.58. The molecule has 0 spiro atoms. The van der Waals surface area contributed by atoms with Gasteiger partial charge in [-0.3, -0.25) is 0 Å². The summed E-state index contributed by atoms with van der Waals surface area (Å²) in [4.78, 5) is 1.54. The van der Waals surface area contributed by atoms with E-state index in [9.17, 15) is 0 Å². The number of hydrogen-bond donors (Lipinski definition) is 0. The maximum atomic E-state index is 5.00. The Kier molecular flexibility index (Phi) is 9.08. The van der Waals surface area contributed by atoms with Gasteiger partial charge in [0.25, 0.3) is 0 Å². The number of hydrogen-bond acceptors (Lipinski definition) is 2. The van der Waals surface area contributed by atoms with E-state index in [1.807, 2.05) is 0 Å². The predicted molar refractivity (Wildman–Crippen MR) is 160 cm³/mol. The summed E-state index contributed by atoms with van der Waals surface area (Å²) < 4.78 is 2.73. The van der Waals surface area contributed by atoms with Crippen molar-refractivity contribution in [2.45, 2.75) is 43.7 Å². The van der Waals surface area contributed by atoms with Crippen molar-refractivity contribution in [2.24, 2.45) is 5.92 Å². The second-order valence-electron chi connectivity index (χ2n) is 9.86. The van der Waals surface area contributed by atoms with Crippen LogP contribution < -0.4 is 4.57 Å². The van der Waals surface area contributed by atoms with Crippen LogP contribution in [0.1, 0.15) is 25.3 Å². The third-order valence-corrected chi connectivity index (χ3v) is 13.5. The second-order valence-corrected chi connectivity index (χ2v) is 18.3. The van der Waals surface area contributed by atoms with Crippen molar-refractivity contribution in [3.8, 4) is 0 Å². The van der Waals surface area contributed by atoms with Gasteiger partial charge in [0.1, 0.15) is 0 Å². The fourth-order valence-corrected chi connectivity index (χ4v) is 12.9. The van der Waals surface area contributed by atoms with Crippen LogP contribution in [0, 0.1) is 13.3 Å². The Morgan fingerprint density at radius 3 is 1.97 bits per heavy atom. The number of para-hydroxylation sites is 4. The summed E-state index contributed by atoms with van der Waals surface area (Å²) in [6.45, 7) is 7.53. The molecule has 1 aliphatic carbocycles. The molecule has 6 rings (SSSR count). The van der Waals surface area contributed by atoms with Crippen molar-refractivity contribution in [3.05, 3.63) is 102 Å². The molecular formula is C29H32Cl2N2SSiTi-2. The summed E-state index contributed by atoms with van der Waals surface area (Å²) in [5, 5.41) is 5.68. The van der Waals surface area contributed by atoms with Gasteiger partial charge in [-0.25, -0.2) is 0 Å². The number of fused-ring (bicyclic) bond motifs is 3. The van der Waals surface area contributed by atoms with E-state index in [4.69, 9.17) is 23.9 Å². The van der Waals surface area contributed by atoms with Crippen LogP contribution >= 0.6 is 30.4 Å². The number of nitrogens with zero attached hydrogens (tertiary/aromatic N) is 2. The molecule has 0 saturated heterocycles. The van der Waals surface area contributed by atoms with E-state index in [1.165, 1.54) is 34.7 Å². The molecule has 0 bridgehead atoms. The average Bonchev–Trinajstić information content (AvgIpc) is 3.41. The standard InChI is InChI=1S/C28H29N2SSi.CH3.2ClH.Ti/c1-19-27(20-11-5-4-6-12-20)21-17-18-26(28(21)31-19)32(2,3)30-24-15-9-7-13-22(24)29-23-14-8-10-16-25(23)30;;;;/h4-16,21,26,28H,17-18H2,1-3H3;1H3;2*1H;/q2*-1;;;+2/p-2/t21-,26?,28+;;;;/m1..../s1. The number of halogens is 2. The van der Waals surface area contributed by atoms with Crippen LogP contribution in [0.2, 0.25) is 18.6 Å². The molecule has 3 aliphatic rings. The molecule has 0 radical (unpaired) electrons. The first-order valence-corrected chi connectivity index (χ1v) is 20.3. The molecule has 2 nitrogen and oxygen atoms in total. The summed E-state index contributed by atoms with van der Waals surface area (Å²) in [6.07, 6.45) is 2.63. The Bertz CT molecular complexity index is 1190. The van der Waals surface area contributed by atoms with Crippen LogP contribution in [-0.4, -0.2) is 13.5 Å². The number of thioether (sulfide) groups is 1. The van der Waals surface area contributed by atoms with Crippen molar-refractivity contribution in [3.63, 3.8) is 0 Å². The van der Waals surface area contributed by atoms with Crippen LogP contribution in [0.4, 0.5) is 22.7 Å². The number of anilines is 2. The molecule has 0 amide bonds. The minimum absolute atomic E-state index is 0. The molecule has 1 saturated carbocycles. The van der Waals surface area contributed by atoms with Gasteiger partial charge in [-0.1, -0.05) is 79.8 Å². The Hall–Kier alpha value is -1.14. The third kappa shape index (κ3) is 4.98. The molecule has 0 aromatic heterocycles. The SMILES string of the molecule is CC1=C(c2ccccc2)[C@H]2CCC([Si](C)(C)N3c4ccccc4[N-]c4ccccc43)[C@H]2S1.[CH3-].[Cl][Ti][Cl]. The zero-order valence-electron chi connectivity index (χ0n) is 21.2. The fourth-order valence-electron chi connectivity index (χ4n) is 6.30. The molecule has 1 unspecified atom stereocenters. The molecule has 2 aliphatic heterocycles. The monoisotopic (exact) mass is 586 g/mol. The molecule has 0 N–H and O–H groups in total. The Morgan fingerprint density at radius 2 is 1.39 bits per heavy atom. The normalized spacial score (nSPS) is 21.8.